The number of nitrogens with zero attached hydrogens (tertiary/aromatic N) is 2. The molecule has 2 nitrogen and oxygen atoms in total. The first-order valence-electron chi connectivity index (χ1n) is 7.86. The molecule has 22 heavy (non-hydrogen) atoms. The average molecular weight is 284 g/mol. The topological polar surface area (TPSA) is 17.3 Å². The molecule has 1 saturated carbocycles. The van der Waals surface area contributed by atoms with Gasteiger partial charge in [-0.15, -0.1) is 0 Å². The predicted octanol–water partition coefficient (Wildman–Crippen LogP) is 5.03. The van der Waals surface area contributed by atoms with Crippen molar-refractivity contribution in [3.63, 3.8) is 0 Å². The summed E-state index contributed by atoms with van der Waals surface area (Å²) in [5.74, 6) is 0.677. The lowest BCUT2D eigenvalue weighted by Gasteiger charge is -2.09. The molecule has 1 aliphatic carbocycles. The lowest BCUT2D eigenvalue weighted by molar-refractivity contribution is 0.863. The summed E-state index contributed by atoms with van der Waals surface area (Å²) in [6, 6.07) is 21.5. The van der Waals surface area contributed by atoms with Crippen LogP contribution in [0.5, 0.6) is 0 Å². The molecule has 4 aromatic rings. The van der Waals surface area contributed by atoms with E-state index in [-0.39, 0.29) is 0 Å². The van der Waals surface area contributed by atoms with Crippen LogP contribution in [-0.4, -0.2) is 9.61 Å². The summed E-state index contributed by atoms with van der Waals surface area (Å²) in [4.78, 5) is 0. The molecule has 1 fully saturated rings. The number of hydrogen-bond acceptors (Lipinski definition) is 1. The van der Waals surface area contributed by atoms with Crippen LogP contribution in [0.25, 0.3) is 27.4 Å². The molecule has 0 unspecified atom stereocenters. The molecule has 0 saturated heterocycles. The van der Waals surface area contributed by atoms with Gasteiger partial charge >= 0.3 is 0 Å². The Hall–Kier alpha value is -2.61. The lowest BCUT2D eigenvalue weighted by Crippen LogP contribution is -1.97. The third kappa shape index (κ3) is 1.70. The molecule has 2 aromatic carbocycles. The molecule has 2 heteroatoms. The van der Waals surface area contributed by atoms with Crippen molar-refractivity contribution in [1.29, 1.82) is 0 Å². The van der Waals surface area contributed by atoms with Crippen molar-refractivity contribution in [2.45, 2.75) is 18.8 Å². The molecule has 1 aliphatic rings. The number of rotatable bonds is 2. The fourth-order valence-electron chi connectivity index (χ4n) is 3.36. The maximum atomic E-state index is 4.72. The zero-order valence-corrected chi connectivity index (χ0v) is 12.2. The minimum Gasteiger partial charge on any atom is -0.236 e. The monoisotopic (exact) mass is 284 g/mol. The second-order valence-electron chi connectivity index (χ2n) is 6.12. The summed E-state index contributed by atoms with van der Waals surface area (Å²) >= 11 is 0. The van der Waals surface area contributed by atoms with Crippen molar-refractivity contribution in [2.75, 3.05) is 0 Å². The third-order valence-corrected chi connectivity index (χ3v) is 4.61. The van der Waals surface area contributed by atoms with Crippen LogP contribution in [-0.2, 0) is 0 Å². The fraction of sp³-hybridized carbons (Fsp3) is 0.150. The molecule has 0 radical (unpaired) electrons. The Kier molecular flexibility index (Phi) is 2.42. The van der Waals surface area contributed by atoms with Gasteiger partial charge in [0.05, 0.1) is 11.7 Å². The van der Waals surface area contributed by atoms with Gasteiger partial charge in [-0.2, -0.15) is 5.10 Å². The van der Waals surface area contributed by atoms with Crippen LogP contribution in [0.2, 0.25) is 0 Å². The van der Waals surface area contributed by atoms with E-state index >= 15 is 0 Å². The number of benzene rings is 2. The fourth-order valence-corrected chi connectivity index (χ4v) is 3.36. The first-order chi connectivity index (χ1) is 10.9. The first-order valence-corrected chi connectivity index (χ1v) is 7.86. The highest BCUT2D eigenvalue weighted by atomic mass is 15.2. The highest BCUT2D eigenvalue weighted by Gasteiger charge is 2.27. The zero-order valence-electron chi connectivity index (χ0n) is 12.2. The number of hydrogen-bond donors (Lipinski definition) is 0. The van der Waals surface area contributed by atoms with Gasteiger partial charge < -0.3 is 0 Å². The Labute approximate surface area is 129 Å². The normalized spacial score (nSPS) is 14.7. The summed E-state index contributed by atoms with van der Waals surface area (Å²) < 4.78 is 2.17. The van der Waals surface area contributed by atoms with E-state index in [0.717, 1.165) is 0 Å². The maximum absolute atomic E-state index is 4.72. The molecule has 0 aliphatic heterocycles. The van der Waals surface area contributed by atoms with Gasteiger partial charge in [0.25, 0.3) is 0 Å². The van der Waals surface area contributed by atoms with E-state index in [0.29, 0.717) is 5.92 Å². The smallest absolute Gasteiger partial charge is 0.0821 e. The first kappa shape index (κ1) is 12.0. The standard InChI is InChI=1S/C20H16N2/c1-2-6-14(7-3-1)18-13-21-22-19(15-10-11-15)12-16-8-4-5-9-17(16)20(18)22/h1-9,12-13,15H,10-11H2. The van der Waals surface area contributed by atoms with E-state index in [1.807, 2.05) is 6.20 Å². The summed E-state index contributed by atoms with van der Waals surface area (Å²) in [6.45, 7) is 0. The zero-order chi connectivity index (χ0) is 14.5. The summed E-state index contributed by atoms with van der Waals surface area (Å²) in [7, 11) is 0. The minimum atomic E-state index is 0.677. The molecule has 2 aromatic heterocycles. The van der Waals surface area contributed by atoms with Gasteiger partial charge in [-0.3, -0.25) is 0 Å². The molecule has 5 rings (SSSR count). The minimum absolute atomic E-state index is 0.677. The summed E-state index contributed by atoms with van der Waals surface area (Å²) in [5, 5.41) is 7.32. The molecule has 2 heterocycles. The largest absolute Gasteiger partial charge is 0.236 e. The van der Waals surface area contributed by atoms with Gasteiger partial charge in [0.15, 0.2) is 0 Å². The average Bonchev–Trinajstić information content (AvgIpc) is 3.33. The highest BCUT2D eigenvalue weighted by Crippen LogP contribution is 2.42. The quantitative estimate of drug-likeness (QED) is 0.504. The summed E-state index contributed by atoms with van der Waals surface area (Å²) in [5.41, 5.74) is 5.05. The van der Waals surface area contributed by atoms with Crippen LogP contribution in [0.15, 0.2) is 66.9 Å². The van der Waals surface area contributed by atoms with E-state index in [9.17, 15) is 0 Å². The van der Waals surface area contributed by atoms with Gasteiger partial charge in [0.1, 0.15) is 0 Å². The second kappa shape index (κ2) is 4.44. The van der Waals surface area contributed by atoms with Crippen LogP contribution in [0.3, 0.4) is 0 Å². The molecular weight excluding hydrogens is 268 g/mol. The molecule has 0 N–H and O–H groups in total. The van der Waals surface area contributed by atoms with Gasteiger partial charge in [-0.05, 0) is 29.9 Å². The van der Waals surface area contributed by atoms with Crippen molar-refractivity contribution in [3.8, 4) is 11.1 Å². The van der Waals surface area contributed by atoms with Gasteiger partial charge in [0, 0.05) is 22.6 Å². The number of aromatic nitrogens is 2. The Morgan fingerprint density at radius 1 is 0.909 bits per heavy atom. The maximum Gasteiger partial charge on any atom is 0.0821 e. The van der Waals surface area contributed by atoms with Crippen LogP contribution < -0.4 is 0 Å². The Morgan fingerprint density at radius 3 is 2.50 bits per heavy atom. The number of fused-ring (bicyclic) bond motifs is 3. The summed E-state index contributed by atoms with van der Waals surface area (Å²) in [6.07, 6.45) is 4.59. The van der Waals surface area contributed by atoms with Crippen LogP contribution in [0.4, 0.5) is 0 Å². The molecule has 0 bridgehead atoms. The van der Waals surface area contributed by atoms with Gasteiger partial charge in [0.2, 0.25) is 0 Å². The highest BCUT2D eigenvalue weighted by molar-refractivity contribution is 6.03. The Bertz CT molecular complexity index is 979. The Balaban J connectivity index is 1.93. The SMILES string of the molecule is c1ccc(-c2cnn3c(C4CC4)cc4ccccc4c23)cc1. The van der Waals surface area contributed by atoms with Crippen molar-refractivity contribution < 1.29 is 0 Å². The molecule has 0 spiro atoms. The predicted molar refractivity (Wildman–Crippen MR) is 90.1 cm³/mol. The van der Waals surface area contributed by atoms with E-state index in [1.54, 1.807) is 0 Å². The van der Waals surface area contributed by atoms with Crippen molar-refractivity contribution >= 4 is 16.3 Å². The van der Waals surface area contributed by atoms with Gasteiger partial charge in [-0.25, -0.2) is 4.52 Å². The number of pyridine rings is 1. The van der Waals surface area contributed by atoms with Crippen molar-refractivity contribution in [1.82, 2.24) is 9.61 Å². The van der Waals surface area contributed by atoms with Crippen LogP contribution in [0.1, 0.15) is 24.5 Å². The molecule has 106 valence electrons. The third-order valence-electron chi connectivity index (χ3n) is 4.61. The van der Waals surface area contributed by atoms with Crippen LogP contribution >= 0.6 is 0 Å². The van der Waals surface area contributed by atoms with Crippen molar-refractivity contribution in [3.05, 3.63) is 72.6 Å². The van der Waals surface area contributed by atoms with Crippen molar-refractivity contribution in [2.24, 2.45) is 0 Å². The van der Waals surface area contributed by atoms with E-state index in [1.165, 1.54) is 46.0 Å². The molecule has 0 atom stereocenters. The van der Waals surface area contributed by atoms with E-state index in [2.05, 4.69) is 65.2 Å². The Morgan fingerprint density at radius 2 is 1.68 bits per heavy atom. The van der Waals surface area contributed by atoms with Gasteiger partial charge in [-0.1, -0.05) is 54.6 Å². The lowest BCUT2D eigenvalue weighted by atomic mass is 10.0. The van der Waals surface area contributed by atoms with Crippen LogP contribution in [0, 0.1) is 0 Å². The van der Waals surface area contributed by atoms with E-state index < -0.39 is 0 Å². The molecular formula is C20H16N2. The van der Waals surface area contributed by atoms with E-state index in [4.69, 9.17) is 5.10 Å². The second-order valence-corrected chi connectivity index (χ2v) is 6.12. The molecule has 0 amide bonds.